The molecule has 5 nitrogen and oxygen atoms in total. The van der Waals surface area contributed by atoms with Crippen LogP contribution < -0.4 is 5.32 Å². The molecule has 2 rings (SSSR count). The predicted molar refractivity (Wildman–Crippen MR) is 96.3 cm³/mol. The Bertz CT molecular complexity index is 681. The number of nitrogens with one attached hydrogen (secondary N) is 1. The Morgan fingerprint density at radius 1 is 1.17 bits per heavy atom. The molecule has 122 valence electrons. The van der Waals surface area contributed by atoms with Crippen molar-refractivity contribution in [2.24, 2.45) is 0 Å². The fourth-order valence-corrected chi connectivity index (χ4v) is 3.57. The van der Waals surface area contributed by atoms with E-state index in [0.29, 0.717) is 22.7 Å². The Morgan fingerprint density at radius 3 is 2.43 bits per heavy atom. The third kappa shape index (κ3) is 5.13. The maximum absolute atomic E-state index is 12.1. The SMILES string of the molecule is COCCOC(=O)c1ccc(NC(=O)c2cc(Br)c(Br)s2)cc1. The zero-order valence-corrected chi connectivity index (χ0v) is 16.1. The molecule has 23 heavy (non-hydrogen) atoms. The highest BCUT2D eigenvalue weighted by Gasteiger charge is 2.13. The lowest BCUT2D eigenvalue weighted by atomic mass is 10.2. The average Bonchev–Trinajstić information content (AvgIpc) is 2.88. The molecule has 0 unspecified atom stereocenters. The van der Waals surface area contributed by atoms with Crippen LogP contribution >= 0.6 is 43.2 Å². The van der Waals surface area contributed by atoms with E-state index in [9.17, 15) is 9.59 Å². The molecule has 0 atom stereocenters. The predicted octanol–water partition coefficient (Wildman–Crippen LogP) is 4.33. The molecule has 0 bridgehead atoms. The molecule has 1 aromatic carbocycles. The lowest BCUT2D eigenvalue weighted by Crippen LogP contribution is -2.11. The van der Waals surface area contributed by atoms with Crippen molar-refractivity contribution in [3.05, 3.63) is 49.0 Å². The summed E-state index contributed by atoms with van der Waals surface area (Å²) in [6.07, 6.45) is 0. The van der Waals surface area contributed by atoms with Crippen LogP contribution in [0.2, 0.25) is 0 Å². The number of rotatable bonds is 6. The summed E-state index contributed by atoms with van der Waals surface area (Å²) in [5.41, 5.74) is 1.02. The van der Waals surface area contributed by atoms with Crippen LogP contribution in [0.4, 0.5) is 5.69 Å². The van der Waals surface area contributed by atoms with Gasteiger partial charge >= 0.3 is 5.97 Å². The minimum absolute atomic E-state index is 0.204. The van der Waals surface area contributed by atoms with Gasteiger partial charge in [-0.1, -0.05) is 0 Å². The second-order valence-electron chi connectivity index (χ2n) is 4.39. The highest BCUT2D eigenvalue weighted by atomic mass is 79.9. The molecule has 1 N–H and O–H groups in total. The smallest absolute Gasteiger partial charge is 0.338 e. The van der Waals surface area contributed by atoms with Crippen LogP contribution in [0.1, 0.15) is 20.0 Å². The fraction of sp³-hybridized carbons (Fsp3) is 0.200. The van der Waals surface area contributed by atoms with Gasteiger partial charge < -0.3 is 14.8 Å². The Labute approximate surface area is 154 Å². The van der Waals surface area contributed by atoms with E-state index >= 15 is 0 Å². The monoisotopic (exact) mass is 461 g/mol. The summed E-state index contributed by atoms with van der Waals surface area (Å²) in [6.45, 7) is 0.557. The molecule has 0 aliphatic rings. The van der Waals surface area contributed by atoms with Crippen molar-refractivity contribution in [2.75, 3.05) is 25.6 Å². The van der Waals surface area contributed by atoms with Crippen molar-refractivity contribution in [1.29, 1.82) is 0 Å². The number of halogens is 2. The van der Waals surface area contributed by atoms with Crippen LogP contribution in [-0.2, 0) is 9.47 Å². The number of carbonyl (C=O) groups excluding carboxylic acids is 2. The molecule has 0 saturated heterocycles. The number of thiophene rings is 1. The van der Waals surface area contributed by atoms with E-state index in [1.807, 2.05) is 0 Å². The Morgan fingerprint density at radius 2 is 1.87 bits per heavy atom. The maximum atomic E-state index is 12.1. The normalized spacial score (nSPS) is 10.4. The number of esters is 1. The molecule has 0 aliphatic heterocycles. The number of benzene rings is 1. The lowest BCUT2D eigenvalue weighted by Gasteiger charge is -2.06. The fourth-order valence-electron chi connectivity index (χ4n) is 1.64. The first kappa shape index (κ1) is 18.1. The molecular formula is C15H13Br2NO4S. The zero-order valence-electron chi connectivity index (χ0n) is 12.1. The summed E-state index contributed by atoms with van der Waals surface area (Å²) >= 11 is 8.03. The van der Waals surface area contributed by atoms with E-state index in [-0.39, 0.29) is 12.5 Å². The van der Waals surface area contributed by atoms with Gasteiger partial charge in [0.25, 0.3) is 5.91 Å². The molecule has 0 saturated carbocycles. The van der Waals surface area contributed by atoms with Gasteiger partial charge in [0.15, 0.2) is 0 Å². The Balaban J connectivity index is 1.96. The van der Waals surface area contributed by atoms with Crippen molar-refractivity contribution < 1.29 is 19.1 Å². The molecule has 1 amide bonds. The van der Waals surface area contributed by atoms with Crippen molar-refractivity contribution in [1.82, 2.24) is 0 Å². The molecule has 8 heteroatoms. The van der Waals surface area contributed by atoms with Gasteiger partial charge in [0, 0.05) is 17.3 Å². The first-order valence-electron chi connectivity index (χ1n) is 6.53. The largest absolute Gasteiger partial charge is 0.460 e. The van der Waals surface area contributed by atoms with Gasteiger partial charge in [0.1, 0.15) is 6.61 Å². The number of hydrogen-bond acceptors (Lipinski definition) is 5. The first-order chi connectivity index (χ1) is 11.0. The van der Waals surface area contributed by atoms with Gasteiger partial charge in [0.2, 0.25) is 0 Å². The van der Waals surface area contributed by atoms with E-state index < -0.39 is 5.97 Å². The summed E-state index contributed by atoms with van der Waals surface area (Å²) in [6, 6.07) is 8.26. The van der Waals surface area contributed by atoms with Crippen LogP contribution in [0.25, 0.3) is 0 Å². The van der Waals surface area contributed by atoms with Crippen LogP contribution in [0.15, 0.2) is 38.6 Å². The van der Waals surface area contributed by atoms with Crippen molar-refractivity contribution in [3.8, 4) is 0 Å². The van der Waals surface area contributed by atoms with E-state index in [2.05, 4.69) is 37.2 Å². The number of anilines is 1. The first-order valence-corrected chi connectivity index (χ1v) is 8.94. The van der Waals surface area contributed by atoms with E-state index in [1.54, 1.807) is 30.3 Å². The van der Waals surface area contributed by atoms with Gasteiger partial charge in [-0.05, 0) is 62.2 Å². The van der Waals surface area contributed by atoms with Crippen LogP contribution in [0, 0.1) is 0 Å². The number of hydrogen-bond donors (Lipinski definition) is 1. The third-order valence-corrected chi connectivity index (χ3v) is 6.02. The van der Waals surface area contributed by atoms with Crippen LogP contribution in [0.3, 0.4) is 0 Å². The molecule has 0 aliphatic carbocycles. The Hall–Kier alpha value is -1.22. The maximum Gasteiger partial charge on any atom is 0.338 e. The highest BCUT2D eigenvalue weighted by Crippen LogP contribution is 2.32. The van der Waals surface area contributed by atoms with Gasteiger partial charge in [-0.25, -0.2) is 4.79 Å². The van der Waals surface area contributed by atoms with Crippen molar-refractivity contribution in [2.45, 2.75) is 0 Å². The summed E-state index contributed by atoms with van der Waals surface area (Å²) in [5, 5.41) is 2.77. The van der Waals surface area contributed by atoms with E-state index in [4.69, 9.17) is 9.47 Å². The quantitative estimate of drug-likeness (QED) is 0.512. The Kier molecular flexibility index (Phi) is 6.76. The lowest BCUT2D eigenvalue weighted by molar-refractivity contribution is 0.0388. The number of carbonyl (C=O) groups is 2. The second kappa shape index (κ2) is 8.58. The highest BCUT2D eigenvalue weighted by molar-refractivity contribution is 9.13. The van der Waals surface area contributed by atoms with Gasteiger partial charge in [0.05, 0.1) is 20.8 Å². The van der Waals surface area contributed by atoms with Crippen molar-refractivity contribution in [3.63, 3.8) is 0 Å². The molecule has 0 radical (unpaired) electrons. The standard InChI is InChI=1S/C15H13Br2NO4S/c1-21-6-7-22-15(20)9-2-4-10(5-3-9)18-14(19)12-8-11(16)13(17)23-12/h2-5,8H,6-7H2,1H3,(H,18,19). The molecule has 1 heterocycles. The molecule has 1 aromatic heterocycles. The topological polar surface area (TPSA) is 64.6 Å². The van der Waals surface area contributed by atoms with E-state index in [0.717, 1.165) is 8.26 Å². The molecular weight excluding hydrogens is 450 g/mol. The second-order valence-corrected chi connectivity index (χ2v) is 7.62. The van der Waals surface area contributed by atoms with Gasteiger partial charge in [-0.2, -0.15) is 0 Å². The molecule has 0 fully saturated rings. The van der Waals surface area contributed by atoms with Gasteiger partial charge in [-0.15, -0.1) is 11.3 Å². The van der Waals surface area contributed by atoms with Gasteiger partial charge in [-0.3, -0.25) is 4.79 Å². The average molecular weight is 463 g/mol. The third-order valence-electron chi connectivity index (χ3n) is 2.77. The van der Waals surface area contributed by atoms with Crippen molar-refractivity contribution >= 4 is 60.8 Å². The molecule has 0 spiro atoms. The van der Waals surface area contributed by atoms with Crippen LogP contribution in [-0.4, -0.2) is 32.2 Å². The van der Waals surface area contributed by atoms with Crippen LogP contribution in [0.5, 0.6) is 0 Å². The summed E-state index contributed by atoms with van der Waals surface area (Å²) < 4.78 is 11.5. The number of amides is 1. The zero-order chi connectivity index (χ0) is 16.8. The number of ether oxygens (including phenoxy) is 2. The minimum atomic E-state index is -0.425. The molecule has 2 aromatic rings. The van der Waals surface area contributed by atoms with E-state index in [1.165, 1.54) is 18.4 Å². The summed E-state index contributed by atoms with van der Waals surface area (Å²) in [7, 11) is 1.54. The number of methoxy groups -OCH3 is 1. The summed E-state index contributed by atoms with van der Waals surface area (Å²) in [5.74, 6) is -0.636. The minimum Gasteiger partial charge on any atom is -0.460 e. The summed E-state index contributed by atoms with van der Waals surface area (Å²) in [4.78, 5) is 24.4.